The highest BCUT2D eigenvalue weighted by molar-refractivity contribution is 8.00. The van der Waals surface area contributed by atoms with Crippen molar-refractivity contribution in [2.45, 2.75) is 24.9 Å². The van der Waals surface area contributed by atoms with Crippen molar-refractivity contribution in [3.63, 3.8) is 0 Å². The highest BCUT2D eigenvalue weighted by Crippen LogP contribution is 2.32. The Kier molecular flexibility index (Phi) is 6.86. The van der Waals surface area contributed by atoms with E-state index < -0.39 is 0 Å². The van der Waals surface area contributed by atoms with Gasteiger partial charge in [-0.05, 0) is 24.1 Å². The fraction of sp³-hybridized carbons (Fsp3) is 0.143. The predicted octanol–water partition coefficient (Wildman–Crippen LogP) is 5.45. The Morgan fingerprint density at radius 3 is 2.23 bits per heavy atom. The molecule has 7 heteroatoms. The third-order valence-corrected chi connectivity index (χ3v) is 6.58. The predicted molar refractivity (Wildman–Crippen MR) is 140 cm³/mol. The summed E-state index contributed by atoms with van der Waals surface area (Å²) in [4.78, 5) is 22.5. The van der Waals surface area contributed by atoms with Gasteiger partial charge in [-0.2, -0.15) is 5.10 Å². The van der Waals surface area contributed by atoms with Crippen LogP contribution in [0.5, 0.6) is 0 Å². The number of benzene rings is 3. The maximum Gasteiger partial charge on any atom is 0.230 e. The highest BCUT2D eigenvalue weighted by Gasteiger charge is 2.20. The van der Waals surface area contributed by atoms with E-state index in [1.807, 2.05) is 95.7 Å². The molecule has 5 aromatic rings. The quantitative estimate of drug-likeness (QED) is 0.237. The van der Waals surface area contributed by atoms with Crippen molar-refractivity contribution in [1.29, 1.82) is 0 Å². The van der Waals surface area contributed by atoms with Crippen LogP contribution in [0.25, 0.3) is 28.1 Å². The van der Waals surface area contributed by atoms with Crippen LogP contribution in [0.4, 0.5) is 0 Å². The molecule has 0 spiro atoms. The second kappa shape index (κ2) is 10.5. The van der Waals surface area contributed by atoms with E-state index >= 15 is 0 Å². The molecule has 1 amide bonds. The summed E-state index contributed by atoms with van der Waals surface area (Å²) in [5, 5.41) is 9.54. The summed E-state index contributed by atoms with van der Waals surface area (Å²) < 4.78 is 1.88. The highest BCUT2D eigenvalue weighted by atomic mass is 32.2. The van der Waals surface area contributed by atoms with Gasteiger partial charge < -0.3 is 5.32 Å². The maximum atomic E-state index is 12.7. The molecule has 0 aliphatic carbocycles. The van der Waals surface area contributed by atoms with Crippen LogP contribution in [0, 0.1) is 0 Å². The summed E-state index contributed by atoms with van der Waals surface area (Å²) in [7, 11) is 0. The second-order valence-corrected chi connectivity index (χ2v) is 8.98. The standard InChI is InChI=1S/C28H25N5OS/c1-2-23-25-27(33(32-23)22-16-10-5-11-17-22)30-26(21-14-8-4-9-15-21)31-28(25)35-19-24(34)29-18-20-12-6-3-7-13-20/h3-17H,2,18-19H2,1H3,(H,29,34). The fourth-order valence-corrected chi connectivity index (χ4v) is 4.73. The lowest BCUT2D eigenvalue weighted by Gasteiger charge is -2.09. The molecule has 3 aromatic carbocycles. The number of para-hydroxylation sites is 1. The van der Waals surface area contributed by atoms with Gasteiger partial charge in [-0.25, -0.2) is 14.6 Å². The number of aromatic nitrogens is 4. The SMILES string of the molecule is CCc1nn(-c2ccccc2)c2nc(-c3ccccc3)nc(SCC(=O)NCc3ccccc3)c12. The average Bonchev–Trinajstić information content (AvgIpc) is 3.31. The van der Waals surface area contributed by atoms with Gasteiger partial charge in [-0.3, -0.25) is 4.79 Å². The van der Waals surface area contributed by atoms with E-state index in [2.05, 4.69) is 12.2 Å². The zero-order chi connectivity index (χ0) is 24.0. The molecule has 0 unspecified atom stereocenters. The smallest absolute Gasteiger partial charge is 0.230 e. The Labute approximate surface area is 208 Å². The molecule has 0 saturated heterocycles. The largest absolute Gasteiger partial charge is 0.351 e. The molecule has 0 aliphatic rings. The lowest BCUT2D eigenvalue weighted by atomic mass is 10.2. The topological polar surface area (TPSA) is 72.7 Å². The van der Waals surface area contributed by atoms with Gasteiger partial charge in [0.25, 0.3) is 0 Å². The number of nitrogens with one attached hydrogen (secondary N) is 1. The number of carbonyl (C=O) groups is 1. The van der Waals surface area contributed by atoms with Crippen LogP contribution < -0.4 is 5.32 Å². The molecule has 6 nitrogen and oxygen atoms in total. The number of fused-ring (bicyclic) bond motifs is 1. The Morgan fingerprint density at radius 1 is 0.886 bits per heavy atom. The molecule has 0 saturated carbocycles. The second-order valence-electron chi connectivity index (χ2n) is 8.02. The molecule has 35 heavy (non-hydrogen) atoms. The Bertz CT molecular complexity index is 1440. The van der Waals surface area contributed by atoms with Crippen LogP contribution in [0.3, 0.4) is 0 Å². The molecule has 0 aliphatic heterocycles. The van der Waals surface area contributed by atoms with Gasteiger partial charge in [-0.15, -0.1) is 0 Å². The normalized spacial score (nSPS) is 11.0. The van der Waals surface area contributed by atoms with Crippen molar-refractivity contribution >= 4 is 28.7 Å². The first-order valence-electron chi connectivity index (χ1n) is 11.6. The fourth-order valence-electron chi connectivity index (χ4n) is 3.85. The van der Waals surface area contributed by atoms with E-state index in [4.69, 9.17) is 15.1 Å². The van der Waals surface area contributed by atoms with E-state index in [0.29, 0.717) is 12.4 Å². The third-order valence-electron chi connectivity index (χ3n) is 5.61. The maximum absolute atomic E-state index is 12.7. The Hall–Kier alpha value is -3.97. The molecule has 0 fully saturated rings. The summed E-state index contributed by atoms with van der Waals surface area (Å²) in [6.45, 7) is 2.57. The first-order chi connectivity index (χ1) is 17.2. The molecule has 0 atom stereocenters. The molecular weight excluding hydrogens is 454 g/mol. The zero-order valence-electron chi connectivity index (χ0n) is 19.4. The molecule has 2 aromatic heterocycles. The number of carbonyl (C=O) groups excluding carboxylic acids is 1. The van der Waals surface area contributed by atoms with E-state index in [-0.39, 0.29) is 11.7 Å². The van der Waals surface area contributed by atoms with Crippen LogP contribution in [-0.4, -0.2) is 31.4 Å². The van der Waals surface area contributed by atoms with E-state index in [1.165, 1.54) is 11.8 Å². The summed E-state index contributed by atoms with van der Waals surface area (Å²) >= 11 is 1.42. The van der Waals surface area contributed by atoms with Gasteiger partial charge >= 0.3 is 0 Å². The van der Waals surface area contributed by atoms with Gasteiger partial charge in [0.2, 0.25) is 5.91 Å². The van der Waals surface area contributed by atoms with Crippen LogP contribution in [0.1, 0.15) is 18.2 Å². The van der Waals surface area contributed by atoms with Crippen molar-refractivity contribution in [1.82, 2.24) is 25.1 Å². The number of hydrogen-bond acceptors (Lipinski definition) is 5. The number of aryl methyl sites for hydroxylation is 1. The number of hydrogen-bond donors (Lipinski definition) is 1. The summed E-state index contributed by atoms with van der Waals surface area (Å²) in [6.07, 6.45) is 0.734. The van der Waals surface area contributed by atoms with E-state index in [0.717, 1.165) is 45.0 Å². The van der Waals surface area contributed by atoms with Crippen molar-refractivity contribution < 1.29 is 4.79 Å². The molecule has 5 rings (SSSR count). The van der Waals surface area contributed by atoms with Crippen molar-refractivity contribution in [2.24, 2.45) is 0 Å². The summed E-state index contributed by atoms with van der Waals surface area (Å²) in [5.74, 6) is 0.831. The Balaban J connectivity index is 1.51. The first-order valence-corrected chi connectivity index (χ1v) is 12.6. The van der Waals surface area contributed by atoms with Crippen LogP contribution in [0.15, 0.2) is 96.0 Å². The molecule has 0 bridgehead atoms. The van der Waals surface area contributed by atoms with Gasteiger partial charge in [0.15, 0.2) is 11.5 Å². The minimum Gasteiger partial charge on any atom is -0.351 e. The minimum absolute atomic E-state index is 0.0413. The Morgan fingerprint density at radius 2 is 1.54 bits per heavy atom. The molecular formula is C28H25N5OS. The molecule has 2 heterocycles. The lowest BCUT2D eigenvalue weighted by Crippen LogP contribution is -2.24. The van der Waals surface area contributed by atoms with Gasteiger partial charge in [-0.1, -0.05) is 97.5 Å². The van der Waals surface area contributed by atoms with Crippen LogP contribution >= 0.6 is 11.8 Å². The average molecular weight is 480 g/mol. The van der Waals surface area contributed by atoms with Crippen molar-refractivity contribution in [3.05, 3.63) is 102 Å². The summed E-state index contributed by atoms with van der Waals surface area (Å²) in [5.41, 5.74) is 4.58. The van der Waals surface area contributed by atoms with Crippen LogP contribution in [0.2, 0.25) is 0 Å². The summed E-state index contributed by atoms with van der Waals surface area (Å²) in [6, 6.07) is 29.8. The molecule has 0 radical (unpaired) electrons. The minimum atomic E-state index is -0.0413. The number of rotatable bonds is 8. The molecule has 174 valence electrons. The van der Waals surface area contributed by atoms with Crippen LogP contribution in [-0.2, 0) is 17.8 Å². The third kappa shape index (κ3) is 5.10. The van der Waals surface area contributed by atoms with Crippen molar-refractivity contribution in [3.8, 4) is 17.1 Å². The number of thioether (sulfide) groups is 1. The van der Waals surface area contributed by atoms with Gasteiger partial charge in [0.05, 0.1) is 22.5 Å². The number of nitrogens with zero attached hydrogens (tertiary/aromatic N) is 4. The van der Waals surface area contributed by atoms with Crippen molar-refractivity contribution in [2.75, 3.05) is 5.75 Å². The lowest BCUT2D eigenvalue weighted by molar-refractivity contribution is -0.118. The van der Waals surface area contributed by atoms with E-state index in [9.17, 15) is 4.79 Å². The van der Waals surface area contributed by atoms with Gasteiger partial charge in [0.1, 0.15) is 5.03 Å². The van der Waals surface area contributed by atoms with E-state index in [1.54, 1.807) is 0 Å². The molecule has 1 N–H and O–H groups in total. The van der Waals surface area contributed by atoms with Gasteiger partial charge in [0, 0.05) is 12.1 Å². The number of amides is 1. The monoisotopic (exact) mass is 479 g/mol. The first kappa shape index (κ1) is 22.8. The zero-order valence-corrected chi connectivity index (χ0v) is 20.2.